The van der Waals surface area contributed by atoms with Gasteiger partial charge in [0.25, 0.3) is 5.91 Å². The number of aryl methyl sites for hydroxylation is 1. The predicted molar refractivity (Wildman–Crippen MR) is 100 cm³/mol. The van der Waals surface area contributed by atoms with E-state index < -0.39 is 24.0 Å². The Kier molecular flexibility index (Phi) is 6.98. The predicted octanol–water partition coefficient (Wildman–Crippen LogP) is 2.01. The Morgan fingerprint density at radius 3 is 2.48 bits per heavy atom. The zero-order chi connectivity index (χ0) is 20.1. The van der Waals surface area contributed by atoms with Crippen molar-refractivity contribution in [2.24, 2.45) is 5.92 Å². The molecule has 1 saturated carbocycles. The molecule has 8 nitrogen and oxygen atoms in total. The van der Waals surface area contributed by atoms with Gasteiger partial charge in [0.2, 0.25) is 0 Å². The average Bonchev–Trinajstić information content (AvgIpc) is 3.32. The van der Waals surface area contributed by atoms with Gasteiger partial charge in [-0.3, -0.25) is 19.6 Å². The van der Waals surface area contributed by atoms with E-state index in [4.69, 9.17) is 4.74 Å². The third kappa shape index (κ3) is 6.37. The molecule has 1 aromatic heterocycles. The van der Waals surface area contributed by atoms with Gasteiger partial charge in [-0.25, -0.2) is 4.79 Å². The fourth-order valence-electron chi connectivity index (χ4n) is 2.82. The van der Waals surface area contributed by atoms with Crippen molar-refractivity contribution in [2.45, 2.75) is 79.0 Å². The smallest absolute Gasteiger partial charge is 0.321 e. The van der Waals surface area contributed by atoms with Crippen molar-refractivity contribution in [3.05, 3.63) is 17.0 Å². The van der Waals surface area contributed by atoms with E-state index in [9.17, 15) is 14.4 Å². The highest BCUT2D eigenvalue weighted by Crippen LogP contribution is 2.18. The molecule has 0 aromatic carbocycles. The molecule has 0 aliphatic heterocycles. The number of carbonyl (C=O) groups excluding carboxylic acids is 3. The number of carbonyl (C=O) groups is 3. The van der Waals surface area contributed by atoms with E-state index in [0.29, 0.717) is 12.3 Å². The quantitative estimate of drug-likeness (QED) is 0.674. The number of rotatable bonds is 8. The van der Waals surface area contributed by atoms with E-state index in [0.717, 1.165) is 36.3 Å². The molecule has 8 heteroatoms. The van der Waals surface area contributed by atoms with Crippen LogP contribution in [0.1, 0.15) is 57.0 Å². The van der Waals surface area contributed by atoms with Crippen molar-refractivity contribution >= 4 is 17.9 Å². The molecule has 1 fully saturated rings. The summed E-state index contributed by atoms with van der Waals surface area (Å²) >= 11 is 0. The summed E-state index contributed by atoms with van der Waals surface area (Å²) in [4.78, 5) is 35.6. The molecule has 0 radical (unpaired) electrons. The van der Waals surface area contributed by atoms with Crippen LogP contribution in [0.3, 0.4) is 0 Å². The molecule has 1 atom stereocenters. The van der Waals surface area contributed by atoms with Crippen molar-refractivity contribution in [1.82, 2.24) is 20.4 Å². The van der Waals surface area contributed by atoms with Gasteiger partial charge < -0.3 is 10.1 Å². The standard InChI is InChI=1S/C19H30N4O4/c1-11(2)10-23-13(4)16(12(3)22-23)8-9-17(24)27-14(5)18(25)21-19(26)20-15-6-7-15/h11,14-15H,6-10H2,1-5H3,(H2,20,21,25,26). The van der Waals surface area contributed by atoms with Crippen LogP contribution in [0.15, 0.2) is 0 Å². The lowest BCUT2D eigenvalue weighted by molar-refractivity contribution is -0.154. The van der Waals surface area contributed by atoms with Crippen LogP contribution in [-0.4, -0.2) is 39.8 Å². The zero-order valence-corrected chi connectivity index (χ0v) is 16.8. The van der Waals surface area contributed by atoms with E-state index in [1.54, 1.807) is 0 Å². The first kappa shape index (κ1) is 20.9. The molecule has 0 spiro atoms. The van der Waals surface area contributed by atoms with E-state index in [1.165, 1.54) is 6.92 Å². The summed E-state index contributed by atoms with van der Waals surface area (Å²) in [6, 6.07) is -0.395. The third-order valence-corrected chi connectivity index (χ3v) is 4.48. The fraction of sp³-hybridized carbons (Fsp3) is 0.684. The number of hydrogen-bond acceptors (Lipinski definition) is 5. The van der Waals surface area contributed by atoms with Crippen molar-refractivity contribution < 1.29 is 19.1 Å². The molecule has 2 rings (SSSR count). The topological polar surface area (TPSA) is 102 Å². The number of nitrogens with zero attached hydrogens (tertiary/aromatic N) is 2. The van der Waals surface area contributed by atoms with E-state index in [2.05, 4.69) is 29.6 Å². The molecule has 0 bridgehead atoms. The molecule has 1 aromatic rings. The van der Waals surface area contributed by atoms with Gasteiger partial charge in [-0.2, -0.15) is 5.10 Å². The molecule has 3 amide bonds. The number of amides is 3. The highest BCUT2D eigenvalue weighted by atomic mass is 16.5. The van der Waals surface area contributed by atoms with Gasteiger partial charge >= 0.3 is 12.0 Å². The second kappa shape index (κ2) is 9.01. The first-order valence-electron chi connectivity index (χ1n) is 9.51. The minimum atomic E-state index is -1.02. The molecular weight excluding hydrogens is 348 g/mol. The summed E-state index contributed by atoms with van der Waals surface area (Å²) in [6.45, 7) is 10.5. The molecule has 2 N–H and O–H groups in total. The Labute approximate surface area is 160 Å². The summed E-state index contributed by atoms with van der Waals surface area (Å²) in [5.41, 5.74) is 2.99. The average molecular weight is 378 g/mol. The number of esters is 1. The number of imide groups is 1. The van der Waals surface area contributed by atoms with Crippen LogP contribution >= 0.6 is 0 Å². The second-order valence-corrected chi connectivity index (χ2v) is 7.59. The van der Waals surface area contributed by atoms with Gasteiger partial charge in [-0.15, -0.1) is 0 Å². The molecule has 1 aliphatic carbocycles. The maximum atomic E-state index is 12.1. The zero-order valence-electron chi connectivity index (χ0n) is 16.8. The maximum Gasteiger partial charge on any atom is 0.321 e. The summed E-state index contributed by atoms with van der Waals surface area (Å²) in [7, 11) is 0. The number of urea groups is 1. The fourth-order valence-corrected chi connectivity index (χ4v) is 2.82. The largest absolute Gasteiger partial charge is 0.453 e. The van der Waals surface area contributed by atoms with Crippen LogP contribution in [-0.2, 0) is 27.3 Å². The highest BCUT2D eigenvalue weighted by Gasteiger charge is 2.26. The lowest BCUT2D eigenvalue weighted by atomic mass is 10.1. The number of ether oxygens (including phenoxy) is 1. The first-order valence-corrected chi connectivity index (χ1v) is 9.51. The van der Waals surface area contributed by atoms with Gasteiger partial charge in [0.1, 0.15) is 0 Å². The van der Waals surface area contributed by atoms with Gasteiger partial charge in [-0.1, -0.05) is 13.8 Å². The van der Waals surface area contributed by atoms with Crippen molar-refractivity contribution in [1.29, 1.82) is 0 Å². The van der Waals surface area contributed by atoms with Crippen LogP contribution in [0.5, 0.6) is 0 Å². The summed E-state index contributed by atoms with van der Waals surface area (Å²) < 4.78 is 7.12. The van der Waals surface area contributed by atoms with Crippen molar-refractivity contribution in [3.8, 4) is 0 Å². The number of nitrogens with one attached hydrogen (secondary N) is 2. The second-order valence-electron chi connectivity index (χ2n) is 7.59. The van der Waals surface area contributed by atoms with E-state index in [1.807, 2.05) is 18.5 Å². The lowest BCUT2D eigenvalue weighted by Crippen LogP contribution is -2.45. The van der Waals surface area contributed by atoms with Crippen LogP contribution in [0, 0.1) is 19.8 Å². The van der Waals surface area contributed by atoms with Crippen LogP contribution in [0.25, 0.3) is 0 Å². The van der Waals surface area contributed by atoms with Gasteiger partial charge in [-0.05, 0) is 51.5 Å². The molecule has 27 heavy (non-hydrogen) atoms. The molecule has 1 unspecified atom stereocenters. The minimum absolute atomic E-state index is 0.152. The molecule has 1 heterocycles. The van der Waals surface area contributed by atoms with Gasteiger partial charge in [0, 0.05) is 24.7 Å². The number of hydrogen-bond donors (Lipinski definition) is 2. The highest BCUT2D eigenvalue weighted by molar-refractivity contribution is 5.97. The van der Waals surface area contributed by atoms with Crippen LogP contribution in [0.2, 0.25) is 0 Å². The third-order valence-electron chi connectivity index (χ3n) is 4.48. The van der Waals surface area contributed by atoms with Crippen LogP contribution < -0.4 is 10.6 Å². The Morgan fingerprint density at radius 2 is 1.89 bits per heavy atom. The summed E-state index contributed by atoms with van der Waals surface area (Å²) in [6.07, 6.45) is 1.50. The first-order chi connectivity index (χ1) is 12.7. The van der Waals surface area contributed by atoms with E-state index >= 15 is 0 Å². The number of aromatic nitrogens is 2. The summed E-state index contributed by atoms with van der Waals surface area (Å²) in [5, 5.41) is 9.37. The minimum Gasteiger partial charge on any atom is -0.453 e. The molecule has 150 valence electrons. The maximum absolute atomic E-state index is 12.1. The van der Waals surface area contributed by atoms with Gasteiger partial charge in [0.15, 0.2) is 6.10 Å². The van der Waals surface area contributed by atoms with Crippen molar-refractivity contribution in [3.63, 3.8) is 0 Å². The molecule has 0 saturated heterocycles. The lowest BCUT2D eigenvalue weighted by Gasteiger charge is -2.13. The SMILES string of the molecule is Cc1nn(CC(C)C)c(C)c1CCC(=O)OC(C)C(=O)NC(=O)NC1CC1. The normalized spacial score (nSPS) is 14.7. The molecular formula is C19H30N4O4. The molecule has 1 aliphatic rings. The van der Waals surface area contributed by atoms with Crippen LogP contribution in [0.4, 0.5) is 4.79 Å². The van der Waals surface area contributed by atoms with Gasteiger partial charge in [0.05, 0.1) is 5.69 Å². The Morgan fingerprint density at radius 1 is 1.22 bits per heavy atom. The Hall–Kier alpha value is -2.38. The summed E-state index contributed by atoms with van der Waals surface area (Å²) in [5.74, 6) is -0.619. The Balaban J connectivity index is 1.80. The Bertz CT molecular complexity index is 707. The monoisotopic (exact) mass is 378 g/mol. The van der Waals surface area contributed by atoms with E-state index in [-0.39, 0.29) is 12.5 Å². The van der Waals surface area contributed by atoms with Crippen molar-refractivity contribution in [2.75, 3.05) is 0 Å².